The number of nitrogens with one attached hydrogen (secondary N) is 1. The molecule has 0 heterocycles. The van der Waals surface area contributed by atoms with Gasteiger partial charge < -0.3 is 5.41 Å². The van der Waals surface area contributed by atoms with Gasteiger partial charge in [0.1, 0.15) is 0 Å². The fourth-order valence-electron chi connectivity index (χ4n) is 3.88. The van der Waals surface area contributed by atoms with Crippen LogP contribution in [0.1, 0.15) is 0 Å². The monoisotopic (exact) mass is 723 g/mol. The van der Waals surface area contributed by atoms with E-state index in [2.05, 4.69) is 137 Å². The Hall–Kier alpha value is -1.85. The molecule has 0 fully saturated rings. The maximum atomic E-state index is 7.00. The third-order valence-corrected chi connectivity index (χ3v) is 11.0. The summed E-state index contributed by atoms with van der Waals surface area (Å²) in [4.78, 5) is 0. The van der Waals surface area contributed by atoms with Gasteiger partial charge in [-0.25, -0.2) is 0 Å². The molecule has 190 valence electrons. The van der Waals surface area contributed by atoms with Crippen LogP contribution in [0, 0.1) is 5.41 Å². The topological polar surface area (TPSA) is 23.9 Å². The van der Waals surface area contributed by atoms with Crippen LogP contribution in [0.2, 0.25) is 0 Å². The molecule has 0 spiro atoms. The minimum atomic E-state index is -0.348. The second-order valence-electron chi connectivity index (χ2n) is 8.01. The molecule has 0 aliphatic rings. The maximum Gasteiger partial charge on any atom is -0.0195 e. The largest absolute Gasteiger partial charge is 0.0622 e. The molecule has 0 saturated carbocycles. The first-order valence-corrected chi connectivity index (χ1v) is 19.6. The van der Waals surface area contributed by atoms with Gasteiger partial charge in [-0.2, -0.15) is 18.2 Å². The SMILES string of the molecule is N=c1cc[cH-]cc1.[Pd+][I].c1ccc(P(CCP(c2ccccc2)c2ccccc2)c2ccccc2)cc1. The van der Waals surface area contributed by atoms with Gasteiger partial charge in [0.25, 0.3) is 0 Å². The number of hydrogen-bond acceptors (Lipinski definition) is 1. The Morgan fingerprint density at radius 2 is 0.757 bits per heavy atom. The van der Waals surface area contributed by atoms with Crippen molar-refractivity contribution in [3.05, 3.63) is 157 Å². The van der Waals surface area contributed by atoms with Crippen LogP contribution < -0.4 is 26.6 Å². The average Bonchev–Trinajstić information content (AvgIpc) is 2.99. The summed E-state index contributed by atoms with van der Waals surface area (Å²) in [6.45, 7) is 0. The van der Waals surface area contributed by atoms with Crippen molar-refractivity contribution in [2.45, 2.75) is 0 Å². The van der Waals surface area contributed by atoms with Gasteiger partial charge in [0, 0.05) is 0 Å². The Labute approximate surface area is 245 Å². The van der Waals surface area contributed by atoms with E-state index in [-0.39, 0.29) is 15.8 Å². The van der Waals surface area contributed by atoms with Crippen molar-refractivity contribution in [3.8, 4) is 0 Å². The van der Waals surface area contributed by atoms with Crippen molar-refractivity contribution in [1.82, 2.24) is 0 Å². The molecule has 0 saturated heterocycles. The molecular formula is C32H30INP2Pd. The van der Waals surface area contributed by atoms with E-state index in [0.717, 1.165) is 0 Å². The van der Waals surface area contributed by atoms with E-state index >= 15 is 0 Å². The van der Waals surface area contributed by atoms with Gasteiger partial charge in [-0.05, 0) is 49.4 Å². The quantitative estimate of drug-likeness (QED) is 0.0809. The number of hydrogen-bond donors (Lipinski definition) is 1. The molecule has 0 bridgehead atoms. The van der Waals surface area contributed by atoms with E-state index in [4.69, 9.17) is 5.41 Å². The van der Waals surface area contributed by atoms with Gasteiger partial charge in [-0.1, -0.05) is 127 Å². The molecule has 5 aromatic carbocycles. The van der Waals surface area contributed by atoms with Crippen molar-refractivity contribution in [3.63, 3.8) is 0 Å². The van der Waals surface area contributed by atoms with Gasteiger partial charge in [0.15, 0.2) is 0 Å². The van der Waals surface area contributed by atoms with E-state index in [1.54, 1.807) is 12.1 Å². The van der Waals surface area contributed by atoms with Gasteiger partial charge in [0.2, 0.25) is 0 Å². The fourth-order valence-corrected chi connectivity index (χ4v) is 9.24. The van der Waals surface area contributed by atoms with E-state index in [1.807, 2.05) is 37.7 Å². The summed E-state index contributed by atoms with van der Waals surface area (Å²) in [6, 6.07) is 53.3. The molecule has 5 aromatic rings. The predicted octanol–water partition coefficient (Wildman–Crippen LogP) is 7.02. The van der Waals surface area contributed by atoms with Crippen molar-refractivity contribution >= 4 is 56.6 Å². The molecule has 0 atom stereocenters. The Balaban J connectivity index is 0.000000361. The minimum Gasteiger partial charge on any atom is -0.0622 e. The Morgan fingerprint density at radius 1 is 0.486 bits per heavy atom. The summed E-state index contributed by atoms with van der Waals surface area (Å²) < 4.78 is 0. The molecule has 5 rings (SSSR count). The van der Waals surface area contributed by atoms with Crippen LogP contribution in [0.5, 0.6) is 0 Å². The zero-order valence-corrected chi connectivity index (χ0v) is 25.9. The molecule has 0 radical (unpaired) electrons. The second kappa shape index (κ2) is 17.6. The molecular weight excluding hydrogens is 694 g/mol. The number of benzene rings is 5. The molecule has 1 nitrogen and oxygen atoms in total. The van der Waals surface area contributed by atoms with Crippen molar-refractivity contribution in [2.24, 2.45) is 0 Å². The second-order valence-corrected chi connectivity index (χ2v) is 12.7. The summed E-state index contributed by atoms with van der Waals surface area (Å²) in [5.41, 5.74) is 0. The maximum absolute atomic E-state index is 7.00. The fraction of sp³-hybridized carbons (Fsp3) is 0.0625. The van der Waals surface area contributed by atoms with Gasteiger partial charge >= 0.3 is 35.1 Å². The third-order valence-electron chi connectivity index (χ3n) is 5.59. The molecule has 1 N–H and O–H groups in total. The summed E-state index contributed by atoms with van der Waals surface area (Å²) in [6.07, 6.45) is 2.41. The summed E-state index contributed by atoms with van der Waals surface area (Å²) in [5.74, 6) is 0. The van der Waals surface area contributed by atoms with Gasteiger partial charge in [-0.15, -0.1) is 12.1 Å². The molecule has 0 aromatic heterocycles. The van der Waals surface area contributed by atoms with E-state index < -0.39 is 0 Å². The number of halogens is 1. The normalized spacial score (nSPS) is 10.2. The van der Waals surface area contributed by atoms with Crippen LogP contribution in [-0.4, -0.2) is 12.3 Å². The third kappa shape index (κ3) is 10.1. The average molecular weight is 724 g/mol. The van der Waals surface area contributed by atoms with Crippen LogP contribution >= 0.6 is 35.4 Å². The predicted molar refractivity (Wildman–Crippen MR) is 170 cm³/mol. The van der Waals surface area contributed by atoms with Crippen LogP contribution in [0.15, 0.2) is 152 Å². The van der Waals surface area contributed by atoms with Crippen LogP contribution in [0.25, 0.3) is 0 Å². The minimum absolute atomic E-state index is 0.348. The molecule has 37 heavy (non-hydrogen) atoms. The molecule has 0 aliphatic carbocycles. The van der Waals surface area contributed by atoms with Crippen molar-refractivity contribution < 1.29 is 15.6 Å². The Morgan fingerprint density at radius 3 is 0.973 bits per heavy atom. The first-order valence-electron chi connectivity index (χ1n) is 11.9. The molecule has 5 heteroatoms. The van der Waals surface area contributed by atoms with Crippen LogP contribution in [-0.2, 0) is 15.6 Å². The number of rotatable bonds is 7. The van der Waals surface area contributed by atoms with Crippen LogP contribution in [0.3, 0.4) is 0 Å². The van der Waals surface area contributed by atoms with Gasteiger partial charge in [0.05, 0.1) is 0 Å². The van der Waals surface area contributed by atoms with Crippen molar-refractivity contribution in [1.29, 1.82) is 5.41 Å². The molecule has 0 aliphatic heterocycles. The van der Waals surface area contributed by atoms with E-state index in [0.29, 0.717) is 5.36 Å². The summed E-state index contributed by atoms with van der Waals surface area (Å²) in [5, 5.41) is 13.5. The zero-order chi connectivity index (χ0) is 26.1. The Bertz CT molecular complexity index is 1140. The summed E-state index contributed by atoms with van der Waals surface area (Å²) in [7, 11) is -0.696. The van der Waals surface area contributed by atoms with Crippen molar-refractivity contribution in [2.75, 3.05) is 12.3 Å². The first kappa shape index (κ1) is 29.7. The summed E-state index contributed by atoms with van der Waals surface area (Å²) >= 11 is 4.72. The Kier molecular flexibility index (Phi) is 14.1. The smallest absolute Gasteiger partial charge is 0.0195 e. The van der Waals surface area contributed by atoms with E-state index in [1.165, 1.54) is 33.5 Å². The standard InChI is InChI=1S/C26H24P2.C6H6N.HI.Pd/c1-5-13-23(14-6-1)27(24-15-7-2-8-16-24)21-22-28(25-17-9-3-10-18-25)26-19-11-4-12-20-26;7-6-4-2-1-3-5-6;;/h1-20H,21-22H2;1-5,7H;1H;/q;-1;;+2/p-1. The first-order chi connectivity index (χ1) is 18.3. The zero-order valence-electron chi connectivity index (χ0n) is 20.4. The van der Waals surface area contributed by atoms with Gasteiger partial charge in [-0.3, -0.25) is 0 Å². The molecule has 0 amide bonds. The van der Waals surface area contributed by atoms with E-state index in [9.17, 15) is 0 Å². The molecule has 0 unspecified atom stereocenters. The van der Waals surface area contributed by atoms with Crippen LogP contribution in [0.4, 0.5) is 0 Å².